The zero-order chi connectivity index (χ0) is 16.8. The van der Waals surface area contributed by atoms with Crippen LogP contribution < -0.4 is 0 Å². The number of nitrogens with zero attached hydrogens (tertiary/aromatic N) is 1. The van der Waals surface area contributed by atoms with E-state index < -0.39 is 11.6 Å². The lowest BCUT2D eigenvalue weighted by Crippen LogP contribution is -2.33. The maximum atomic E-state index is 13.8. The number of hydrogen-bond donors (Lipinski definition) is 0. The minimum atomic E-state index is -0.889. The SMILES string of the molecule is CCN(CCOC)C(=O)c1ccc(-c2cccc(F)c2F)cc1. The van der Waals surface area contributed by atoms with Crippen LogP contribution in [-0.2, 0) is 4.74 Å². The van der Waals surface area contributed by atoms with Crippen LogP contribution in [-0.4, -0.2) is 37.6 Å². The van der Waals surface area contributed by atoms with Crippen molar-refractivity contribution in [2.24, 2.45) is 0 Å². The lowest BCUT2D eigenvalue weighted by molar-refractivity contribution is 0.0706. The van der Waals surface area contributed by atoms with E-state index in [0.29, 0.717) is 30.8 Å². The maximum absolute atomic E-state index is 13.8. The number of hydrogen-bond acceptors (Lipinski definition) is 2. The van der Waals surface area contributed by atoms with Gasteiger partial charge in [0, 0.05) is 31.3 Å². The molecule has 0 radical (unpaired) electrons. The van der Waals surface area contributed by atoms with E-state index in [-0.39, 0.29) is 11.5 Å². The van der Waals surface area contributed by atoms with Gasteiger partial charge in [-0.25, -0.2) is 8.78 Å². The molecule has 23 heavy (non-hydrogen) atoms. The second kappa shape index (κ2) is 7.83. The van der Waals surface area contributed by atoms with Gasteiger partial charge in [-0.15, -0.1) is 0 Å². The van der Waals surface area contributed by atoms with Gasteiger partial charge in [0.25, 0.3) is 5.91 Å². The first-order valence-corrected chi connectivity index (χ1v) is 7.41. The van der Waals surface area contributed by atoms with Gasteiger partial charge >= 0.3 is 0 Å². The first-order valence-electron chi connectivity index (χ1n) is 7.41. The summed E-state index contributed by atoms with van der Waals surface area (Å²) < 4.78 is 32.1. The van der Waals surface area contributed by atoms with Crippen molar-refractivity contribution in [2.75, 3.05) is 26.8 Å². The molecule has 0 aromatic heterocycles. The molecule has 0 aliphatic heterocycles. The van der Waals surface area contributed by atoms with Gasteiger partial charge in [0.05, 0.1) is 6.61 Å². The number of methoxy groups -OCH3 is 1. The van der Waals surface area contributed by atoms with Crippen LogP contribution in [0.25, 0.3) is 11.1 Å². The smallest absolute Gasteiger partial charge is 0.253 e. The maximum Gasteiger partial charge on any atom is 0.253 e. The van der Waals surface area contributed by atoms with E-state index in [1.54, 1.807) is 36.3 Å². The number of benzene rings is 2. The number of carbonyl (C=O) groups excluding carboxylic acids is 1. The van der Waals surface area contributed by atoms with Crippen LogP contribution in [0.4, 0.5) is 8.78 Å². The Morgan fingerprint density at radius 2 is 1.83 bits per heavy atom. The Kier molecular flexibility index (Phi) is 5.82. The van der Waals surface area contributed by atoms with E-state index in [4.69, 9.17) is 4.74 Å². The lowest BCUT2D eigenvalue weighted by Gasteiger charge is -2.20. The standard InChI is InChI=1S/C18H19F2NO2/c1-3-21(11-12-23-2)18(22)14-9-7-13(8-10-14)15-5-4-6-16(19)17(15)20/h4-10H,3,11-12H2,1-2H3. The van der Waals surface area contributed by atoms with E-state index in [9.17, 15) is 13.6 Å². The van der Waals surface area contributed by atoms with E-state index >= 15 is 0 Å². The first-order chi connectivity index (χ1) is 11.1. The average Bonchev–Trinajstić information content (AvgIpc) is 2.58. The van der Waals surface area contributed by atoms with Gasteiger partial charge in [-0.2, -0.15) is 0 Å². The fraction of sp³-hybridized carbons (Fsp3) is 0.278. The molecule has 2 aromatic carbocycles. The molecule has 0 N–H and O–H groups in total. The fourth-order valence-electron chi connectivity index (χ4n) is 2.31. The summed E-state index contributed by atoms with van der Waals surface area (Å²) in [6, 6.07) is 10.5. The number of amides is 1. The van der Waals surface area contributed by atoms with Crippen molar-refractivity contribution in [3.05, 3.63) is 59.7 Å². The second-order valence-corrected chi connectivity index (χ2v) is 5.06. The Bertz CT molecular complexity index is 671. The van der Waals surface area contributed by atoms with Crippen LogP contribution >= 0.6 is 0 Å². The summed E-state index contributed by atoms with van der Waals surface area (Å²) in [5.41, 5.74) is 1.21. The van der Waals surface area contributed by atoms with Gasteiger partial charge in [0.15, 0.2) is 11.6 Å². The largest absolute Gasteiger partial charge is 0.383 e. The Hall–Kier alpha value is -2.27. The Morgan fingerprint density at radius 3 is 2.43 bits per heavy atom. The van der Waals surface area contributed by atoms with Gasteiger partial charge in [-0.05, 0) is 30.7 Å². The lowest BCUT2D eigenvalue weighted by atomic mass is 10.0. The highest BCUT2D eigenvalue weighted by atomic mass is 19.2. The third-order valence-corrected chi connectivity index (χ3v) is 3.63. The van der Waals surface area contributed by atoms with Crippen LogP contribution in [0.15, 0.2) is 42.5 Å². The molecule has 0 aliphatic rings. The predicted octanol–water partition coefficient (Wildman–Crippen LogP) is 3.74. The molecule has 0 unspecified atom stereocenters. The Labute approximate surface area is 134 Å². The molecule has 3 nitrogen and oxygen atoms in total. The fourth-order valence-corrected chi connectivity index (χ4v) is 2.31. The minimum absolute atomic E-state index is 0.115. The highest BCUT2D eigenvalue weighted by Crippen LogP contribution is 2.24. The number of ether oxygens (including phenoxy) is 1. The van der Waals surface area contributed by atoms with Crippen molar-refractivity contribution in [1.29, 1.82) is 0 Å². The molecule has 0 saturated heterocycles. The minimum Gasteiger partial charge on any atom is -0.383 e. The molecule has 0 aliphatic carbocycles. The van der Waals surface area contributed by atoms with Crippen molar-refractivity contribution in [1.82, 2.24) is 4.90 Å². The summed E-state index contributed by atoms with van der Waals surface area (Å²) in [6.07, 6.45) is 0. The first kappa shape index (κ1) is 17.1. The quantitative estimate of drug-likeness (QED) is 0.812. The third-order valence-electron chi connectivity index (χ3n) is 3.63. The topological polar surface area (TPSA) is 29.5 Å². The molecule has 0 atom stereocenters. The molecule has 0 heterocycles. The van der Waals surface area contributed by atoms with E-state index in [1.165, 1.54) is 12.1 Å². The van der Waals surface area contributed by atoms with Gasteiger partial charge in [-0.3, -0.25) is 4.79 Å². The van der Waals surface area contributed by atoms with Crippen LogP contribution in [0.1, 0.15) is 17.3 Å². The molecule has 0 fully saturated rings. The van der Waals surface area contributed by atoms with Gasteiger partial charge in [-0.1, -0.05) is 24.3 Å². The van der Waals surface area contributed by atoms with Gasteiger partial charge < -0.3 is 9.64 Å². The predicted molar refractivity (Wildman–Crippen MR) is 85.2 cm³/mol. The zero-order valence-corrected chi connectivity index (χ0v) is 13.2. The summed E-state index contributed by atoms with van der Waals surface area (Å²) in [4.78, 5) is 14.1. The monoisotopic (exact) mass is 319 g/mol. The number of rotatable bonds is 6. The molecule has 2 aromatic rings. The van der Waals surface area contributed by atoms with E-state index in [2.05, 4.69) is 0 Å². The van der Waals surface area contributed by atoms with Crippen LogP contribution in [0.5, 0.6) is 0 Å². The van der Waals surface area contributed by atoms with Crippen molar-refractivity contribution >= 4 is 5.91 Å². The van der Waals surface area contributed by atoms with Crippen molar-refractivity contribution in [3.63, 3.8) is 0 Å². The molecular weight excluding hydrogens is 300 g/mol. The van der Waals surface area contributed by atoms with Crippen LogP contribution in [0.3, 0.4) is 0 Å². The molecule has 122 valence electrons. The molecule has 5 heteroatoms. The zero-order valence-electron chi connectivity index (χ0n) is 13.2. The average molecular weight is 319 g/mol. The number of halogens is 2. The Balaban J connectivity index is 2.22. The normalized spacial score (nSPS) is 10.6. The summed E-state index contributed by atoms with van der Waals surface area (Å²) in [6.45, 7) is 3.44. The summed E-state index contributed by atoms with van der Waals surface area (Å²) in [5, 5.41) is 0. The molecule has 1 amide bonds. The third kappa shape index (κ3) is 3.93. The Morgan fingerprint density at radius 1 is 1.13 bits per heavy atom. The van der Waals surface area contributed by atoms with Crippen molar-refractivity contribution in [3.8, 4) is 11.1 Å². The summed E-state index contributed by atoms with van der Waals surface area (Å²) in [5.74, 6) is -1.89. The summed E-state index contributed by atoms with van der Waals surface area (Å²) >= 11 is 0. The molecule has 0 saturated carbocycles. The highest BCUT2D eigenvalue weighted by Gasteiger charge is 2.15. The van der Waals surface area contributed by atoms with Crippen molar-refractivity contribution < 1.29 is 18.3 Å². The summed E-state index contributed by atoms with van der Waals surface area (Å²) in [7, 11) is 1.58. The van der Waals surface area contributed by atoms with E-state index in [0.717, 1.165) is 6.07 Å². The van der Waals surface area contributed by atoms with E-state index in [1.807, 2.05) is 6.92 Å². The molecule has 0 spiro atoms. The number of likely N-dealkylation sites (N-methyl/N-ethyl adjacent to an activating group) is 1. The van der Waals surface area contributed by atoms with Crippen molar-refractivity contribution in [2.45, 2.75) is 6.92 Å². The second-order valence-electron chi connectivity index (χ2n) is 5.06. The number of carbonyl (C=O) groups is 1. The molecule has 0 bridgehead atoms. The van der Waals surface area contributed by atoms with Gasteiger partial charge in [0.1, 0.15) is 0 Å². The van der Waals surface area contributed by atoms with Crippen LogP contribution in [0, 0.1) is 11.6 Å². The highest BCUT2D eigenvalue weighted by molar-refractivity contribution is 5.94. The van der Waals surface area contributed by atoms with Gasteiger partial charge in [0.2, 0.25) is 0 Å². The molecule has 2 rings (SSSR count). The van der Waals surface area contributed by atoms with Crippen LogP contribution in [0.2, 0.25) is 0 Å². The molecular formula is C18H19F2NO2.